The molecule has 0 amide bonds. The average molecular weight is 202 g/mol. The Balaban J connectivity index is 1.93. The van der Waals surface area contributed by atoms with Gasteiger partial charge in [0.15, 0.2) is 0 Å². The van der Waals surface area contributed by atoms with Crippen LogP contribution in [0.15, 0.2) is 18.2 Å². The van der Waals surface area contributed by atoms with E-state index in [-0.39, 0.29) is 0 Å². The minimum atomic E-state index is 1.11. The first-order valence-corrected chi connectivity index (χ1v) is 6.06. The zero-order valence-electron chi connectivity index (χ0n) is 9.13. The standard InChI is InChI=1S/C13H18N2/c1-2-9-15(10-3-1)13-6-4-5-12-11(13)7-8-14-12/h4-6,14H,1-3,7-10H2. The number of fused-ring (bicyclic) bond motifs is 1. The summed E-state index contributed by atoms with van der Waals surface area (Å²) in [6, 6.07) is 6.67. The van der Waals surface area contributed by atoms with Gasteiger partial charge in [0.05, 0.1) is 0 Å². The van der Waals surface area contributed by atoms with Gasteiger partial charge in [-0.3, -0.25) is 0 Å². The van der Waals surface area contributed by atoms with Crippen molar-refractivity contribution in [3.8, 4) is 0 Å². The van der Waals surface area contributed by atoms with E-state index in [4.69, 9.17) is 0 Å². The van der Waals surface area contributed by atoms with Crippen molar-refractivity contribution in [2.45, 2.75) is 25.7 Å². The molecular weight excluding hydrogens is 184 g/mol. The van der Waals surface area contributed by atoms with Gasteiger partial charge in [0.1, 0.15) is 0 Å². The molecule has 0 saturated carbocycles. The fraction of sp³-hybridized carbons (Fsp3) is 0.538. The van der Waals surface area contributed by atoms with Crippen LogP contribution in [0.2, 0.25) is 0 Å². The highest BCUT2D eigenvalue weighted by molar-refractivity contribution is 5.69. The first-order valence-electron chi connectivity index (χ1n) is 6.06. The zero-order chi connectivity index (χ0) is 10.1. The second-order valence-corrected chi connectivity index (χ2v) is 4.53. The first-order chi connectivity index (χ1) is 7.45. The number of rotatable bonds is 1. The summed E-state index contributed by atoms with van der Waals surface area (Å²) in [7, 11) is 0. The Morgan fingerprint density at radius 3 is 2.80 bits per heavy atom. The van der Waals surface area contributed by atoms with Crippen molar-refractivity contribution < 1.29 is 0 Å². The fourth-order valence-electron chi connectivity index (χ4n) is 2.76. The molecule has 2 heterocycles. The van der Waals surface area contributed by atoms with Crippen LogP contribution in [0.25, 0.3) is 0 Å². The van der Waals surface area contributed by atoms with Crippen LogP contribution in [0.5, 0.6) is 0 Å². The van der Waals surface area contributed by atoms with Gasteiger partial charge in [-0.15, -0.1) is 0 Å². The summed E-state index contributed by atoms with van der Waals surface area (Å²) < 4.78 is 0. The van der Waals surface area contributed by atoms with Gasteiger partial charge in [0.25, 0.3) is 0 Å². The van der Waals surface area contributed by atoms with Gasteiger partial charge in [0.2, 0.25) is 0 Å². The van der Waals surface area contributed by atoms with Gasteiger partial charge >= 0.3 is 0 Å². The van der Waals surface area contributed by atoms with Gasteiger partial charge < -0.3 is 10.2 Å². The fourth-order valence-corrected chi connectivity index (χ4v) is 2.76. The predicted molar refractivity (Wildman–Crippen MR) is 64.7 cm³/mol. The highest BCUT2D eigenvalue weighted by Crippen LogP contribution is 2.32. The Morgan fingerprint density at radius 1 is 1.07 bits per heavy atom. The van der Waals surface area contributed by atoms with E-state index in [0.29, 0.717) is 0 Å². The van der Waals surface area contributed by atoms with Crippen LogP contribution in [-0.2, 0) is 6.42 Å². The van der Waals surface area contributed by atoms with Gasteiger partial charge in [0, 0.05) is 36.6 Å². The summed E-state index contributed by atoms with van der Waals surface area (Å²) in [5.74, 6) is 0. The predicted octanol–water partition coefficient (Wildman–Crippen LogP) is 2.64. The van der Waals surface area contributed by atoms with Crippen molar-refractivity contribution in [3.05, 3.63) is 23.8 Å². The summed E-state index contributed by atoms with van der Waals surface area (Å²) in [4.78, 5) is 2.56. The van der Waals surface area contributed by atoms with Gasteiger partial charge in [-0.05, 0) is 37.8 Å². The molecule has 0 spiro atoms. The number of piperidine rings is 1. The van der Waals surface area contributed by atoms with E-state index in [1.807, 2.05) is 0 Å². The van der Waals surface area contributed by atoms with Crippen molar-refractivity contribution in [2.24, 2.45) is 0 Å². The van der Waals surface area contributed by atoms with Crippen LogP contribution in [0, 0.1) is 0 Å². The molecule has 0 aliphatic carbocycles. The maximum atomic E-state index is 3.45. The molecule has 2 aliphatic rings. The Bertz CT molecular complexity index is 354. The molecule has 0 unspecified atom stereocenters. The van der Waals surface area contributed by atoms with E-state index in [9.17, 15) is 0 Å². The van der Waals surface area contributed by atoms with Crippen LogP contribution >= 0.6 is 0 Å². The molecule has 0 aromatic heterocycles. The molecule has 80 valence electrons. The summed E-state index contributed by atoms with van der Waals surface area (Å²) >= 11 is 0. The van der Waals surface area contributed by atoms with E-state index in [2.05, 4.69) is 28.4 Å². The lowest BCUT2D eigenvalue weighted by Crippen LogP contribution is -2.30. The Hall–Kier alpha value is -1.18. The number of hydrogen-bond acceptors (Lipinski definition) is 2. The minimum absolute atomic E-state index is 1.11. The van der Waals surface area contributed by atoms with Crippen LogP contribution < -0.4 is 10.2 Å². The third-order valence-electron chi connectivity index (χ3n) is 3.54. The molecule has 0 atom stereocenters. The number of nitrogens with zero attached hydrogens (tertiary/aromatic N) is 1. The number of nitrogens with one attached hydrogen (secondary N) is 1. The highest BCUT2D eigenvalue weighted by atomic mass is 15.1. The molecule has 1 saturated heterocycles. The minimum Gasteiger partial charge on any atom is -0.384 e. The third kappa shape index (κ3) is 1.58. The number of benzene rings is 1. The van der Waals surface area contributed by atoms with E-state index in [0.717, 1.165) is 6.54 Å². The molecule has 2 nitrogen and oxygen atoms in total. The SMILES string of the molecule is c1cc2c(c(N3CCCCC3)c1)CCN2. The van der Waals surface area contributed by atoms with Crippen LogP contribution in [0.3, 0.4) is 0 Å². The first kappa shape index (κ1) is 9.08. The molecule has 2 aliphatic heterocycles. The molecule has 1 aromatic carbocycles. The molecule has 1 fully saturated rings. The summed E-state index contributed by atoms with van der Waals surface area (Å²) in [5.41, 5.74) is 4.38. The van der Waals surface area contributed by atoms with Crippen molar-refractivity contribution in [1.82, 2.24) is 0 Å². The van der Waals surface area contributed by atoms with Crippen LogP contribution in [0.4, 0.5) is 11.4 Å². The van der Waals surface area contributed by atoms with Gasteiger partial charge in [-0.25, -0.2) is 0 Å². The molecule has 0 bridgehead atoms. The van der Waals surface area contributed by atoms with E-state index >= 15 is 0 Å². The monoisotopic (exact) mass is 202 g/mol. The summed E-state index contributed by atoms with van der Waals surface area (Å²) in [6.07, 6.45) is 5.32. The zero-order valence-corrected chi connectivity index (χ0v) is 9.13. The molecule has 15 heavy (non-hydrogen) atoms. The molecule has 1 aromatic rings. The lowest BCUT2D eigenvalue weighted by atomic mass is 10.1. The van der Waals surface area contributed by atoms with Crippen LogP contribution in [-0.4, -0.2) is 19.6 Å². The van der Waals surface area contributed by atoms with E-state index in [1.54, 1.807) is 5.56 Å². The molecular formula is C13H18N2. The molecule has 2 heteroatoms. The van der Waals surface area contributed by atoms with E-state index in [1.165, 1.54) is 50.1 Å². The average Bonchev–Trinajstić information content (AvgIpc) is 2.78. The molecule has 0 radical (unpaired) electrons. The second kappa shape index (κ2) is 3.76. The summed E-state index contributed by atoms with van der Waals surface area (Å²) in [5, 5.41) is 3.45. The maximum absolute atomic E-state index is 3.45. The van der Waals surface area contributed by atoms with Crippen LogP contribution in [0.1, 0.15) is 24.8 Å². The van der Waals surface area contributed by atoms with Crippen molar-refractivity contribution in [1.29, 1.82) is 0 Å². The van der Waals surface area contributed by atoms with Crippen molar-refractivity contribution >= 4 is 11.4 Å². The summed E-state index contributed by atoms with van der Waals surface area (Å²) in [6.45, 7) is 3.60. The number of anilines is 2. The highest BCUT2D eigenvalue weighted by Gasteiger charge is 2.19. The number of hydrogen-bond donors (Lipinski definition) is 1. The van der Waals surface area contributed by atoms with Gasteiger partial charge in [-0.1, -0.05) is 6.07 Å². The third-order valence-corrected chi connectivity index (χ3v) is 3.54. The Kier molecular flexibility index (Phi) is 2.28. The Morgan fingerprint density at radius 2 is 1.93 bits per heavy atom. The topological polar surface area (TPSA) is 15.3 Å². The lowest BCUT2D eigenvalue weighted by Gasteiger charge is -2.30. The smallest absolute Gasteiger partial charge is 0.0420 e. The normalized spacial score (nSPS) is 19.9. The Labute approximate surface area is 91.3 Å². The van der Waals surface area contributed by atoms with E-state index < -0.39 is 0 Å². The maximum Gasteiger partial charge on any atom is 0.0420 e. The van der Waals surface area contributed by atoms with Crippen molar-refractivity contribution in [2.75, 3.05) is 29.9 Å². The second-order valence-electron chi connectivity index (χ2n) is 4.53. The van der Waals surface area contributed by atoms with Gasteiger partial charge in [-0.2, -0.15) is 0 Å². The molecule has 3 rings (SSSR count). The quantitative estimate of drug-likeness (QED) is 0.753. The molecule has 1 N–H and O–H groups in total. The van der Waals surface area contributed by atoms with Crippen molar-refractivity contribution in [3.63, 3.8) is 0 Å². The largest absolute Gasteiger partial charge is 0.384 e. The lowest BCUT2D eigenvalue weighted by molar-refractivity contribution is 0.577.